The van der Waals surface area contributed by atoms with Gasteiger partial charge in [-0.2, -0.15) is 17.8 Å². The standard InChI is InChI=1S/C27H30ClN5O2S2/c1-32(23-13-15-33(19-23)18-20-7-3-2-4-8-20)37(34,35)29-14-12-24-26(21-9-5-10-22(28)17-21)30-31-27(24)25-11-6-16-36-25/h2-11,16-17,23,29H,12-15,18-19H2,1H3,(H,30,31)/t23-/m1/s1. The Morgan fingerprint density at radius 3 is 2.76 bits per heavy atom. The second kappa shape index (κ2) is 11.5. The molecule has 7 nitrogen and oxygen atoms in total. The van der Waals surface area contributed by atoms with Gasteiger partial charge >= 0.3 is 0 Å². The van der Waals surface area contributed by atoms with Crippen LogP contribution in [0.3, 0.4) is 0 Å². The molecule has 0 bridgehead atoms. The van der Waals surface area contributed by atoms with Gasteiger partial charge in [0.05, 0.1) is 10.6 Å². The number of aromatic amines is 1. The number of rotatable bonds is 10. The van der Waals surface area contributed by atoms with Crippen molar-refractivity contribution in [1.82, 2.24) is 24.1 Å². The highest BCUT2D eigenvalue weighted by molar-refractivity contribution is 7.87. The van der Waals surface area contributed by atoms with E-state index in [1.807, 2.05) is 60.0 Å². The number of likely N-dealkylation sites (tertiary alicyclic amines) is 1. The summed E-state index contributed by atoms with van der Waals surface area (Å²) in [4.78, 5) is 3.34. The van der Waals surface area contributed by atoms with Gasteiger partial charge in [0.1, 0.15) is 5.69 Å². The first kappa shape index (κ1) is 26.1. The third-order valence-electron chi connectivity index (χ3n) is 6.78. The number of aromatic nitrogens is 2. The SMILES string of the molecule is CN([C@@H]1CCN(Cc2ccccc2)C1)S(=O)(=O)NCCc1c(-c2cccs2)n[nH]c1-c1cccc(Cl)c1. The number of likely N-dealkylation sites (N-methyl/N-ethyl adjacent to an activating group) is 1. The third kappa shape index (κ3) is 6.14. The molecule has 1 aliphatic heterocycles. The van der Waals surface area contributed by atoms with E-state index >= 15 is 0 Å². The van der Waals surface area contributed by atoms with Gasteiger partial charge in [-0.15, -0.1) is 11.3 Å². The van der Waals surface area contributed by atoms with E-state index in [1.54, 1.807) is 18.4 Å². The summed E-state index contributed by atoms with van der Waals surface area (Å²) in [6.45, 7) is 2.69. The second-order valence-electron chi connectivity index (χ2n) is 9.24. The lowest BCUT2D eigenvalue weighted by Crippen LogP contribution is -2.45. The topological polar surface area (TPSA) is 81.3 Å². The van der Waals surface area contributed by atoms with Crippen LogP contribution in [-0.4, -0.2) is 60.5 Å². The number of benzene rings is 2. The van der Waals surface area contributed by atoms with Gasteiger partial charge in [0.2, 0.25) is 0 Å². The number of hydrogen-bond acceptors (Lipinski definition) is 5. The summed E-state index contributed by atoms with van der Waals surface area (Å²) in [7, 11) is -1.96. The van der Waals surface area contributed by atoms with E-state index in [-0.39, 0.29) is 12.6 Å². The van der Waals surface area contributed by atoms with Gasteiger partial charge in [-0.1, -0.05) is 60.1 Å². The van der Waals surface area contributed by atoms with E-state index in [2.05, 4.69) is 32.0 Å². The number of halogens is 1. The zero-order valence-electron chi connectivity index (χ0n) is 20.6. The van der Waals surface area contributed by atoms with Gasteiger partial charge in [-0.25, -0.2) is 4.72 Å². The molecule has 1 fully saturated rings. The molecule has 1 saturated heterocycles. The van der Waals surface area contributed by atoms with Crippen LogP contribution in [0, 0.1) is 0 Å². The van der Waals surface area contributed by atoms with Gasteiger partial charge in [-0.3, -0.25) is 10.00 Å². The van der Waals surface area contributed by atoms with E-state index in [1.165, 1.54) is 9.87 Å². The van der Waals surface area contributed by atoms with Gasteiger partial charge in [0.25, 0.3) is 10.2 Å². The predicted molar refractivity (Wildman–Crippen MR) is 151 cm³/mol. The monoisotopic (exact) mass is 555 g/mol. The Bertz CT molecular complexity index is 1420. The summed E-state index contributed by atoms with van der Waals surface area (Å²) in [6, 6.07) is 21.8. The zero-order valence-corrected chi connectivity index (χ0v) is 23.0. The molecule has 0 radical (unpaired) electrons. The van der Waals surface area contributed by atoms with Crippen molar-refractivity contribution in [1.29, 1.82) is 0 Å². The van der Waals surface area contributed by atoms with Crippen LogP contribution in [0.15, 0.2) is 72.1 Å². The zero-order chi connectivity index (χ0) is 25.8. The van der Waals surface area contributed by atoms with Crippen LogP contribution in [0.4, 0.5) is 0 Å². The summed E-state index contributed by atoms with van der Waals surface area (Å²) in [6.07, 6.45) is 1.30. The Hall–Kier alpha value is -2.53. The van der Waals surface area contributed by atoms with E-state index in [9.17, 15) is 8.42 Å². The number of thiophene rings is 1. The molecule has 4 aromatic rings. The smallest absolute Gasteiger partial charge is 0.279 e. The number of nitrogens with zero attached hydrogens (tertiary/aromatic N) is 3. The molecule has 2 aromatic carbocycles. The van der Waals surface area contributed by atoms with Crippen molar-refractivity contribution in [3.63, 3.8) is 0 Å². The lowest BCUT2D eigenvalue weighted by atomic mass is 10.0. The molecule has 1 atom stereocenters. The highest BCUT2D eigenvalue weighted by Gasteiger charge is 2.32. The maximum atomic E-state index is 13.2. The van der Waals surface area contributed by atoms with E-state index < -0.39 is 10.2 Å². The van der Waals surface area contributed by atoms with Crippen molar-refractivity contribution < 1.29 is 8.42 Å². The van der Waals surface area contributed by atoms with Gasteiger partial charge in [0, 0.05) is 55.4 Å². The summed E-state index contributed by atoms with van der Waals surface area (Å²) in [5.74, 6) is 0. The molecule has 194 valence electrons. The summed E-state index contributed by atoms with van der Waals surface area (Å²) >= 11 is 7.84. The lowest BCUT2D eigenvalue weighted by Gasteiger charge is -2.24. The van der Waals surface area contributed by atoms with Crippen molar-refractivity contribution >= 4 is 33.1 Å². The summed E-state index contributed by atoms with van der Waals surface area (Å²) < 4.78 is 30.7. The van der Waals surface area contributed by atoms with Crippen molar-refractivity contribution in [3.05, 3.63) is 88.3 Å². The third-order valence-corrected chi connectivity index (χ3v) is 9.52. The Balaban J connectivity index is 1.25. The van der Waals surface area contributed by atoms with Crippen LogP contribution in [-0.2, 0) is 23.2 Å². The average molecular weight is 556 g/mol. The lowest BCUT2D eigenvalue weighted by molar-refractivity contribution is 0.297. The first-order valence-electron chi connectivity index (χ1n) is 12.3. The molecule has 0 aliphatic carbocycles. The van der Waals surface area contributed by atoms with Crippen molar-refractivity contribution in [3.8, 4) is 21.8 Å². The molecule has 2 aromatic heterocycles. The van der Waals surface area contributed by atoms with Crippen molar-refractivity contribution in [2.75, 3.05) is 26.7 Å². The number of H-pyrrole nitrogens is 1. The maximum Gasteiger partial charge on any atom is 0.279 e. The molecule has 10 heteroatoms. The van der Waals surface area contributed by atoms with E-state index in [0.29, 0.717) is 11.4 Å². The minimum absolute atomic E-state index is 0.0566. The molecule has 1 aliphatic rings. The van der Waals surface area contributed by atoms with Crippen LogP contribution in [0.5, 0.6) is 0 Å². The maximum absolute atomic E-state index is 13.2. The minimum Gasteiger partial charge on any atom is -0.297 e. The molecule has 0 spiro atoms. The van der Waals surface area contributed by atoms with Gasteiger partial charge < -0.3 is 0 Å². The minimum atomic E-state index is -3.64. The highest BCUT2D eigenvalue weighted by Crippen LogP contribution is 2.33. The van der Waals surface area contributed by atoms with Crippen LogP contribution >= 0.6 is 22.9 Å². The molecule has 2 N–H and O–H groups in total. The molecule has 37 heavy (non-hydrogen) atoms. The number of nitrogens with one attached hydrogen (secondary N) is 2. The highest BCUT2D eigenvalue weighted by atomic mass is 35.5. The summed E-state index contributed by atoms with van der Waals surface area (Å²) in [5.41, 5.74) is 4.81. The fourth-order valence-electron chi connectivity index (χ4n) is 4.81. The molecule has 5 rings (SSSR count). The Labute approximate surface area is 227 Å². The molecule has 0 amide bonds. The molecule has 3 heterocycles. The van der Waals surface area contributed by atoms with E-state index in [4.69, 9.17) is 11.6 Å². The largest absolute Gasteiger partial charge is 0.297 e. The fourth-order valence-corrected chi connectivity index (χ4v) is 6.87. The number of hydrogen-bond donors (Lipinski definition) is 2. The van der Waals surface area contributed by atoms with Crippen LogP contribution in [0.2, 0.25) is 5.02 Å². The first-order chi connectivity index (χ1) is 17.9. The summed E-state index contributed by atoms with van der Waals surface area (Å²) in [5, 5.41) is 10.4. The van der Waals surface area contributed by atoms with Crippen LogP contribution < -0.4 is 4.72 Å². The van der Waals surface area contributed by atoms with Crippen LogP contribution in [0.25, 0.3) is 21.8 Å². The molecule has 0 unspecified atom stereocenters. The second-order valence-corrected chi connectivity index (χ2v) is 12.4. The molecular weight excluding hydrogens is 526 g/mol. The fraction of sp³-hybridized carbons (Fsp3) is 0.296. The Morgan fingerprint density at radius 2 is 2.00 bits per heavy atom. The molecular formula is C27H30ClN5O2S2. The van der Waals surface area contributed by atoms with Crippen molar-refractivity contribution in [2.45, 2.75) is 25.4 Å². The van der Waals surface area contributed by atoms with E-state index in [0.717, 1.165) is 53.4 Å². The van der Waals surface area contributed by atoms with Gasteiger partial charge in [-0.05, 0) is 42.0 Å². The predicted octanol–water partition coefficient (Wildman–Crippen LogP) is 5.04. The Kier molecular flexibility index (Phi) is 8.09. The normalized spacial score (nSPS) is 16.6. The average Bonchev–Trinajstić information content (AvgIpc) is 3.65. The quantitative estimate of drug-likeness (QED) is 0.287. The molecule has 0 saturated carbocycles. The van der Waals surface area contributed by atoms with Crippen molar-refractivity contribution in [2.24, 2.45) is 0 Å². The Morgan fingerprint density at radius 1 is 1.16 bits per heavy atom. The first-order valence-corrected chi connectivity index (χ1v) is 15.0. The van der Waals surface area contributed by atoms with Gasteiger partial charge in [0.15, 0.2) is 0 Å². The van der Waals surface area contributed by atoms with Crippen LogP contribution in [0.1, 0.15) is 17.5 Å².